The van der Waals surface area contributed by atoms with Crippen LogP contribution in [-0.2, 0) is 11.8 Å². The Balaban J connectivity index is 1.52. The number of fused-ring (bicyclic) bond motifs is 1. The molecule has 2 rings (SSSR count). The molecule has 1 atom stereocenters. The Bertz CT molecular complexity index is 960. The summed E-state index contributed by atoms with van der Waals surface area (Å²) in [5, 5.41) is 10.5. The lowest BCUT2D eigenvalue weighted by Gasteiger charge is -2.24. The standard InChI is InChI=1S/C30H55N5O4/c1-5-6-7-8-9-12-15-18-21-34(25(2)36)23-26(37)20-17-14-11-10-13-16-19-22-35-24-32(3)27-28(38)31-30(39)33(4)29(27)35/h26,37H,5-24H2,1-4H3,(H,31,38,39). The third kappa shape index (κ3) is 11.4. The predicted octanol–water partition coefficient (Wildman–Crippen LogP) is 4.76. The van der Waals surface area contributed by atoms with Gasteiger partial charge in [-0.05, 0) is 19.3 Å². The number of aliphatic hydroxyl groups is 1. The fourth-order valence-electron chi connectivity index (χ4n) is 5.60. The smallest absolute Gasteiger partial charge is 0.329 e. The Hall–Kier alpha value is -2.29. The molecule has 0 fully saturated rings. The Kier molecular flexibility index (Phi) is 15.3. The maximum absolute atomic E-state index is 12.2. The summed E-state index contributed by atoms with van der Waals surface area (Å²) in [6, 6.07) is 0. The molecule has 1 unspecified atom stereocenters. The van der Waals surface area contributed by atoms with E-state index in [0.717, 1.165) is 70.9 Å². The van der Waals surface area contributed by atoms with Gasteiger partial charge in [-0.15, -0.1) is 0 Å². The molecule has 0 aliphatic carbocycles. The van der Waals surface area contributed by atoms with Gasteiger partial charge in [0.2, 0.25) is 5.91 Å². The molecule has 1 aromatic heterocycles. The zero-order chi connectivity index (χ0) is 28.6. The average molecular weight is 550 g/mol. The van der Waals surface area contributed by atoms with Gasteiger partial charge in [-0.25, -0.2) is 4.79 Å². The van der Waals surface area contributed by atoms with Gasteiger partial charge in [-0.1, -0.05) is 90.4 Å². The first-order valence-electron chi connectivity index (χ1n) is 15.5. The first-order valence-corrected chi connectivity index (χ1v) is 15.5. The van der Waals surface area contributed by atoms with E-state index in [2.05, 4.69) is 16.8 Å². The van der Waals surface area contributed by atoms with Crippen molar-refractivity contribution < 1.29 is 9.90 Å². The molecule has 9 nitrogen and oxygen atoms in total. The molecule has 0 saturated carbocycles. The highest BCUT2D eigenvalue weighted by Gasteiger charge is 2.29. The predicted molar refractivity (Wildman–Crippen MR) is 161 cm³/mol. The molecule has 0 aromatic carbocycles. The van der Waals surface area contributed by atoms with Crippen molar-refractivity contribution in [2.45, 2.75) is 123 Å². The summed E-state index contributed by atoms with van der Waals surface area (Å²) in [5.41, 5.74) is -0.124. The molecule has 224 valence electrons. The van der Waals surface area contributed by atoms with Gasteiger partial charge >= 0.3 is 5.69 Å². The van der Waals surface area contributed by atoms with Crippen LogP contribution >= 0.6 is 0 Å². The lowest BCUT2D eigenvalue weighted by Crippen LogP contribution is -2.36. The third-order valence-corrected chi connectivity index (χ3v) is 7.96. The number of nitrogens with one attached hydrogen (secondary N) is 1. The highest BCUT2D eigenvalue weighted by Crippen LogP contribution is 2.29. The largest absolute Gasteiger partial charge is 0.391 e. The van der Waals surface area contributed by atoms with E-state index in [0.29, 0.717) is 24.7 Å². The van der Waals surface area contributed by atoms with Gasteiger partial charge in [0, 0.05) is 40.7 Å². The number of hydrogen-bond donors (Lipinski definition) is 2. The van der Waals surface area contributed by atoms with Crippen LogP contribution in [0.25, 0.3) is 0 Å². The van der Waals surface area contributed by atoms with Crippen molar-refractivity contribution in [3.05, 3.63) is 20.8 Å². The number of aromatic amines is 1. The van der Waals surface area contributed by atoms with Gasteiger partial charge in [-0.2, -0.15) is 0 Å². The molecule has 2 N–H and O–H groups in total. The van der Waals surface area contributed by atoms with Gasteiger partial charge in [-0.3, -0.25) is 19.1 Å². The van der Waals surface area contributed by atoms with E-state index in [-0.39, 0.29) is 17.2 Å². The summed E-state index contributed by atoms with van der Waals surface area (Å²) >= 11 is 0. The first kappa shape index (κ1) is 32.9. The molecule has 1 aromatic rings. The molecule has 2 heterocycles. The van der Waals surface area contributed by atoms with Crippen LogP contribution in [0.15, 0.2) is 9.59 Å². The van der Waals surface area contributed by atoms with Crippen LogP contribution < -0.4 is 21.0 Å². The normalized spacial score (nSPS) is 13.7. The van der Waals surface area contributed by atoms with Crippen molar-refractivity contribution in [3.8, 4) is 0 Å². The fraction of sp³-hybridized carbons (Fsp3) is 0.833. The van der Waals surface area contributed by atoms with Crippen LogP contribution in [0.4, 0.5) is 11.5 Å². The monoisotopic (exact) mass is 549 g/mol. The van der Waals surface area contributed by atoms with E-state index < -0.39 is 6.10 Å². The molecule has 39 heavy (non-hydrogen) atoms. The van der Waals surface area contributed by atoms with E-state index in [1.54, 1.807) is 14.0 Å². The molecule has 1 amide bonds. The minimum Gasteiger partial charge on any atom is -0.391 e. The molecule has 0 bridgehead atoms. The van der Waals surface area contributed by atoms with E-state index in [4.69, 9.17) is 0 Å². The Morgan fingerprint density at radius 1 is 0.897 bits per heavy atom. The van der Waals surface area contributed by atoms with Crippen molar-refractivity contribution in [1.29, 1.82) is 0 Å². The average Bonchev–Trinajstić information content (AvgIpc) is 3.23. The Labute approximate surface area is 235 Å². The Morgan fingerprint density at radius 2 is 1.46 bits per heavy atom. The fourth-order valence-corrected chi connectivity index (χ4v) is 5.60. The van der Waals surface area contributed by atoms with Crippen LogP contribution in [0.2, 0.25) is 0 Å². The van der Waals surface area contributed by atoms with E-state index >= 15 is 0 Å². The van der Waals surface area contributed by atoms with E-state index in [9.17, 15) is 19.5 Å². The zero-order valence-electron chi connectivity index (χ0n) is 25.2. The number of carbonyl (C=O) groups is 1. The van der Waals surface area contributed by atoms with Gasteiger partial charge in [0.05, 0.1) is 12.8 Å². The molecular weight excluding hydrogens is 494 g/mol. The molecule has 0 saturated heterocycles. The van der Waals surface area contributed by atoms with Crippen molar-refractivity contribution in [3.63, 3.8) is 0 Å². The summed E-state index contributed by atoms with van der Waals surface area (Å²) in [6.07, 6.45) is 18.0. The molecule has 1 aliphatic rings. The second kappa shape index (κ2) is 18.1. The third-order valence-electron chi connectivity index (χ3n) is 7.96. The topological polar surface area (TPSA) is 102 Å². The minimum atomic E-state index is -0.437. The number of anilines is 2. The number of carbonyl (C=O) groups excluding carboxylic acids is 1. The summed E-state index contributed by atoms with van der Waals surface area (Å²) in [4.78, 5) is 44.4. The minimum absolute atomic E-state index is 0.0649. The second-order valence-corrected chi connectivity index (χ2v) is 11.5. The van der Waals surface area contributed by atoms with Gasteiger partial charge in [0.25, 0.3) is 5.56 Å². The summed E-state index contributed by atoms with van der Waals surface area (Å²) in [6.45, 7) is 6.51. The lowest BCUT2D eigenvalue weighted by atomic mass is 10.1. The molecular formula is C30H55N5O4. The van der Waals surface area contributed by atoms with Gasteiger partial charge < -0.3 is 19.8 Å². The van der Waals surface area contributed by atoms with Gasteiger partial charge in [0.15, 0.2) is 0 Å². The van der Waals surface area contributed by atoms with Crippen molar-refractivity contribution in [2.24, 2.45) is 7.05 Å². The molecule has 0 spiro atoms. The maximum atomic E-state index is 12.2. The summed E-state index contributed by atoms with van der Waals surface area (Å²) < 4.78 is 1.53. The van der Waals surface area contributed by atoms with E-state index in [1.165, 1.54) is 49.5 Å². The van der Waals surface area contributed by atoms with Crippen molar-refractivity contribution in [1.82, 2.24) is 14.5 Å². The van der Waals surface area contributed by atoms with Crippen LogP contribution in [0.5, 0.6) is 0 Å². The lowest BCUT2D eigenvalue weighted by molar-refractivity contribution is -0.130. The summed E-state index contributed by atoms with van der Waals surface area (Å²) in [5.74, 6) is 0.779. The number of amides is 1. The highest BCUT2D eigenvalue weighted by atomic mass is 16.3. The van der Waals surface area contributed by atoms with Gasteiger partial charge in [0.1, 0.15) is 11.5 Å². The SMILES string of the molecule is CCCCCCCCCCN(CC(O)CCCCCCCCCN1CN(C)c2c1n(C)c(=O)[nH]c2=O)C(C)=O. The number of hydrogen-bond acceptors (Lipinski definition) is 6. The van der Waals surface area contributed by atoms with Crippen molar-refractivity contribution in [2.75, 3.05) is 43.2 Å². The number of unbranched alkanes of at least 4 members (excludes halogenated alkanes) is 13. The first-order chi connectivity index (χ1) is 18.8. The number of aliphatic hydroxyl groups excluding tert-OH is 1. The Morgan fingerprint density at radius 3 is 2.08 bits per heavy atom. The summed E-state index contributed by atoms with van der Waals surface area (Å²) in [7, 11) is 3.58. The van der Waals surface area contributed by atoms with E-state index in [1.807, 2.05) is 16.8 Å². The van der Waals surface area contributed by atoms with Crippen LogP contribution in [-0.4, -0.2) is 64.9 Å². The van der Waals surface area contributed by atoms with Crippen LogP contribution in [0, 0.1) is 0 Å². The van der Waals surface area contributed by atoms with Crippen molar-refractivity contribution >= 4 is 17.4 Å². The number of H-pyrrole nitrogens is 1. The zero-order valence-corrected chi connectivity index (χ0v) is 25.2. The number of rotatable bonds is 21. The highest BCUT2D eigenvalue weighted by molar-refractivity contribution is 5.73. The maximum Gasteiger partial charge on any atom is 0.329 e. The molecule has 0 radical (unpaired) electrons. The van der Waals surface area contributed by atoms with Crippen LogP contribution in [0.3, 0.4) is 0 Å². The number of nitrogens with zero attached hydrogens (tertiary/aromatic N) is 4. The van der Waals surface area contributed by atoms with Crippen LogP contribution in [0.1, 0.15) is 117 Å². The quantitative estimate of drug-likeness (QED) is 0.215. The second-order valence-electron chi connectivity index (χ2n) is 11.5. The molecule has 1 aliphatic heterocycles. The number of aromatic nitrogens is 2. The molecule has 9 heteroatoms.